The molecule has 1 N–H and O–H groups in total. The number of hydrogen-bond donors (Lipinski definition) is 1. The highest BCUT2D eigenvalue weighted by molar-refractivity contribution is 7.98. The van der Waals surface area contributed by atoms with Crippen molar-refractivity contribution < 1.29 is 4.92 Å². The summed E-state index contributed by atoms with van der Waals surface area (Å²) in [4.78, 5) is 19.8. The standard InChI is InChI=1S/C23H20N4O2S/c28-27(29)19-12-10-18(11-13-19)16-30-23-25-21-9-5-4-8-20(21)22(26-23)24-15-14-17-6-2-1-3-7-17/h1-13H,14-16H2,(H,24,25,26). The number of nitrogens with zero attached hydrogens (tertiary/aromatic N) is 3. The van der Waals surface area contributed by atoms with Gasteiger partial charge >= 0.3 is 0 Å². The van der Waals surface area contributed by atoms with Gasteiger partial charge in [-0.3, -0.25) is 10.1 Å². The fourth-order valence-electron chi connectivity index (χ4n) is 3.09. The van der Waals surface area contributed by atoms with E-state index < -0.39 is 4.92 Å². The van der Waals surface area contributed by atoms with E-state index in [0.717, 1.165) is 35.2 Å². The van der Waals surface area contributed by atoms with E-state index in [9.17, 15) is 10.1 Å². The summed E-state index contributed by atoms with van der Waals surface area (Å²) in [6.45, 7) is 0.775. The van der Waals surface area contributed by atoms with Crippen molar-refractivity contribution in [3.05, 3.63) is 100 Å². The van der Waals surface area contributed by atoms with Gasteiger partial charge in [0.25, 0.3) is 5.69 Å². The van der Waals surface area contributed by atoms with Gasteiger partial charge in [0.1, 0.15) is 5.82 Å². The van der Waals surface area contributed by atoms with Gasteiger partial charge in [-0.15, -0.1) is 0 Å². The van der Waals surface area contributed by atoms with Crippen LogP contribution in [0.2, 0.25) is 0 Å². The molecule has 1 heterocycles. The van der Waals surface area contributed by atoms with Crippen LogP contribution in [-0.4, -0.2) is 21.4 Å². The fraction of sp³-hybridized carbons (Fsp3) is 0.130. The van der Waals surface area contributed by atoms with Crippen LogP contribution >= 0.6 is 11.8 Å². The molecule has 1 aromatic heterocycles. The number of nitro benzene ring substituents is 1. The predicted molar refractivity (Wildman–Crippen MR) is 121 cm³/mol. The highest BCUT2D eigenvalue weighted by Crippen LogP contribution is 2.27. The number of thioether (sulfide) groups is 1. The van der Waals surface area contributed by atoms with Crippen LogP contribution in [-0.2, 0) is 12.2 Å². The van der Waals surface area contributed by atoms with E-state index in [1.165, 1.54) is 29.5 Å². The summed E-state index contributed by atoms with van der Waals surface area (Å²) >= 11 is 1.51. The fourth-order valence-corrected chi connectivity index (χ4v) is 3.89. The van der Waals surface area contributed by atoms with E-state index in [0.29, 0.717) is 10.9 Å². The lowest BCUT2D eigenvalue weighted by Crippen LogP contribution is -2.08. The summed E-state index contributed by atoms with van der Waals surface area (Å²) in [6, 6.07) is 24.9. The number of nitrogens with one attached hydrogen (secondary N) is 1. The average Bonchev–Trinajstić information content (AvgIpc) is 2.78. The second kappa shape index (κ2) is 9.37. The monoisotopic (exact) mass is 416 g/mol. The number of rotatable bonds is 8. The molecule has 0 saturated heterocycles. The first-order chi connectivity index (χ1) is 14.7. The molecule has 0 bridgehead atoms. The quantitative estimate of drug-likeness (QED) is 0.177. The third kappa shape index (κ3) is 4.93. The number of hydrogen-bond acceptors (Lipinski definition) is 6. The summed E-state index contributed by atoms with van der Waals surface area (Å²) in [5.41, 5.74) is 3.24. The Morgan fingerprint density at radius 1 is 0.867 bits per heavy atom. The van der Waals surface area contributed by atoms with Crippen LogP contribution in [0.1, 0.15) is 11.1 Å². The molecule has 4 rings (SSSR count). The van der Waals surface area contributed by atoms with Crippen molar-refractivity contribution in [1.29, 1.82) is 0 Å². The first-order valence-corrected chi connectivity index (χ1v) is 10.6. The summed E-state index contributed by atoms with van der Waals surface area (Å²) in [5, 5.41) is 15.9. The number of para-hydroxylation sites is 1. The molecule has 6 nitrogen and oxygen atoms in total. The van der Waals surface area contributed by atoms with Crippen molar-refractivity contribution >= 4 is 34.2 Å². The molecular weight excluding hydrogens is 396 g/mol. The Hall–Kier alpha value is -3.45. The summed E-state index contributed by atoms with van der Waals surface area (Å²) in [5.74, 6) is 1.46. The van der Waals surface area contributed by atoms with Crippen molar-refractivity contribution in [1.82, 2.24) is 9.97 Å². The maximum absolute atomic E-state index is 10.8. The second-order valence-corrected chi connectivity index (χ2v) is 7.69. The summed E-state index contributed by atoms with van der Waals surface area (Å²) in [7, 11) is 0. The third-order valence-corrected chi connectivity index (χ3v) is 5.57. The number of non-ortho nitro benzene ring substituents is 1. The van der Waals surface area contributed by atoms with Crippen molar-refractivity contribution in [3.8, 4) is 0 Å². The van der Waals surface area contributed by atoms with Gasteiger partial charge in [0.05, 0.1) is 10.4 Å². The van der Waals surface area contributed by atoms with Crippen molar-refractivity contribution in [3.63, 3.8) is 0 Å². The third-order valence-electron chi connectivity index (χ3n) is 4.65. The van der Waals surface area contributed by atoms with Gasteiger partial charge in [0.2, 0.25) is 0 Å². The Morgan fingerprint density at radius 2 is 1.60 bits per heavy atom. The molecule has 7 heteroatoms. The van der Waals surface area contributed by atoms with E-state index in [2.05, 4.69) is 22.4 Å². The van der Waals surface area contributed by atoms with Crippen LogP contribution in [0.5, 0.6) is 0 Å². The van der Waals surface area contributed by atoms with E-state index in [-0.39, 0.29) is 5.69 Å². The highest BCUT2D eigenvalue weighted by atomic mass is 32.2. The molecule has 4 aromatic rings. The summed E-state index contributed by atoms with van der Waals surface area (Å²) in [6.07, 6.45) is 0.907. The van der Waals surface area contributed by atoms with Gasteiger partial charge in [0.15, 0.2) is 5.16 Å². The molecule has 0 aliphatic rings. The highest BCUT2D eigenvalue weighted by Gasteiger charge is 2.09. The van der Waals surface area contributed by atoms with Crippen LogP contribution in [0.4, 0.5) is 11.5 Å². The zero-order valence-electron chi connectivity index (χ0n) is 16.2. The van der Waals surface area contributed by atoms with Gasteiger partial charge < -0.3 is 5.32 Å². The zero-order valence-corrected chi connectivity index (χ0v) is 17.0. The van der Waals surface area contributed by atoms with E-state index in [1.807, 2.05) is 42.5 Å². The van der Waals surface area contributed by atoms with Gasteiger partial charge in [-0.05, 0) is 29.7 Å². The maximum Gasteiger partial charge on any atom is 0.269 e. The lowest BCUT2D eigenvalue weighted by atomic mass is 10.1. The Labute approximate surface area is 178 Å². The molecule has 0 amide bonds. The molecule has 3 aromatic carbocycles. The molecule has 0 radical (unpaired) electrons. The minimum Gasteiger partial charge on any atom is -0.369 e. The molecule has 0 fully saturated rings. The number of fused-ring (bicyclic) bond motifs is 1. The van der Waals surface area contributed by atoms with Gasteiger partial charge in [-0.25, -0.2) is 9.97 Å². The van der Waals surface area contributed by atoms with Gasteiger partial charge in [-0.1, -0.05) is 66.4 Å². The first-order valence-electron chi connectivity index (χ1n) is 9.60. The first kappa shape index (κ1) is 19.8. The minimum absolute atomic E-state index is 0.0932. The van der Waals surface area contributed by atoms with Crippen LogP contribution in [0.15, 0.2) is 84.0 Å². The average molecular weight is 417 g/mol. The molecule has 0 atom stereocenters. The minimum atomic E-state index is -0.392. The van der Waals surface area contributed by atoms with Crippen LogP contribution < -0.4 is 5.32 Å². The lowest BCUT2D eigenvalue weighted by molar-refractivity contribution is -0.384. The summed E-state index contributed by atoms with van der Waals surface area (Å²) < 4.78 is 0. The Balaban J connectivity index is 1.48. The van der Waals surface area contributed by atoms with Gasteiger partial charge in [-0.2, -0.15) is 0 Å². The van der Waals surface area contributed by atoms with Crippen molar-refractivity contribution in [2.75, 3.05) is 11.9 Å². The molecule has 0 unspecified atom stereocenters. The number of anilines is 1. The Kier molecular flexibility index (Phi) is 6.20. The molecule has 30 heavy (non-hydrogen) atoms. The molecule has 150 valence electrons. The SMILES string of the molecule is O=[N+]([O-])c1ccc(CSc2nc(NCCc3ccccc3)c3ccccc3n2)cc1. The Morgan fingerprint density at radius 3 is 2.37 bits per heavy atom. The van der Waals surface area contributed by atoms with Crippen molar-refractivity contribution in [2.24, 2.45) is 0 Å². The normalized spacial score (nSPS) is 10.8. The van der Waals surface area contributed by atoms with Gasteiger partial charge in [0, 0.05) is 29.8 Å². The molecular formula is C23H20N4O2S. The van der Waals surface area contributed by atoms with Crippen LogP contribution in [0.25, 0.3) is 10.9 Å². The van der Waals surface area contributed by atoms with Crippen LogP contribution in [0.3, 0.4) is 0 Å². The molecule has 0 aliphatic heterocycles. The van der Waals surface area contributed by atoms with E-state index >= 15 is 0 Å². The molecule has 0 saturated carbocycles. The largest absolute Gasteiger partial charge is 0.369 e. The lowest BCUT2D eigenvalue weighted by Gasteiger charge is -2.11. The number of nitro groups is 1. The van der Waals surface area contributed by atoms with E-state index in [1.54, 1.807) is 12.1 Å². The Bertz CT molecular complexity index is 1150. The smallest absolute Gasteiger partial charge is 0.269 e. The van der Waals surface area contributed by atoms with Crippen molar-refractivity contribution in [2.45, 2.75) is 17.3 Å². The predicted octanol–water partition coefficient (Wildman–Crippen LogP) is 5.48. The molecule has 0 spiro atoms. The topological polar surface area (TPSA) is 81.0 Å². The second-order valence-electron chi connectivity index (χ2n) is 6.75. The maximum atomic E-state index is 10.8. The van der Waals surface area contributed by atoms with E-state index in [4.69, 9.17) is 4.98 Å². The number of benzene rings is 3. The van der Waals surface area contributed by atoms with Crippen LogP contribution in [0, 0.1) is 10.1 Å². The zero-order chi connectivity index (χ0) is 20.8. The number of aromatic nitrogens is 2. The molecule has 0 aliphatic carbocycles.